The van der Waals surface area contributed by atoms with E-state index >= 15 is 0 Å². The molecule has 0 saturated carbocycles. The Hall–Kier alpha value is -2.90. The molecular formula is C25H29NO5S. The predicted octanol–water partition coefficient (Wildman–Crippen LogP) is 4.94. The molecule has 6 nitrogen and oxygen atoms in total. The summed E-state index contributed by atoms with van der Waals surface area (Å²) in [6, 6.07) is 20.1. The van der Waals surface area contributed by atoms with Crippen LogP contribution < -0.4 is 9.50 Å². The Bertz CT molecular complexity index is 1070. The van der Waals surface area contributed by atoms with Gasteiger partial charge in [0.2, 0.25) is 11.1 Å². The van der Waals surface area contributed by atoms with Gasteiger partial charge in [-0.2, -0.15) is 0 Å². The van der Waals surface area contributed by atoms with Crippen LogP contribution in [-0.4, -0.2) is 34.3 Å². The van der Waals surface area contributed by atoms with Gasteiger partial charge >= 0.3 is 5.97 Å². The van der Waals surface area contributed by atoms with Gasteiger partial charge in [0.1, 0.15) is 5.75 Å². The number of benzene rings is 3. The van der Waals surface area contributed by atoms with E-state index in [2.05, 4.69) is 29.6 Å². The Morgan fingerprint density at radius 2 is 1.72 bits per heavy atom. The fourth-order valence-electron chi connectivity index (χ4n) is 3.53. The summed E-state index contributed by atoms with van der Waals surface area (Å²) in [5.74, 6) is -0.299. The van der Waals surface area contributed by atoms with E-state index in [0.29, 0.717) is 25.3 Å². The second kappa shape index (κ2) is 11.6. The summed E-state index contributed by atoms with van der Waals surface area (Å²) in [5.41, 5.74) is 3.36. The number of hydrogen-bond acceptors (Lipinski definition) is 5. The van der Waals surface area contributed by atoms with Crippen molar-refractivity contribution >= 4 is 33.5 Å². The molecule has 3 aromatic rings. The summed E-state index contributed by atoms with van der Waals surface area (Å²) in [5, 5.41) is 14.7. The average molecular weight is 456 g/mol. The Balaban J connectivity index is 1.51. The largest absolute Gasteiger partial charge is 0.479 e. The van der Waals surface area contributed by atoms with Crippen molar-refractivity contribution in [1.82, 2.24) is 0 Å². The number of anilines is 1. The van der Waals surface area contributed by atoms with E-state index in [0.717, 1.165) is 34.9 Å². The Kier molecular flexibility index (Phi) is 8.64. The Morgan fingerprint density at radius 1 is 1.03 bits per heavy atom. The van der Waals surface area contributed by atoms with Crippen molar-refractivity contribution in [1.29, 1.82) is 0 Å². The van der Waals surface area contributed by atoms with Crippen molar-refractivity contribution in [3.8, 4) is 5.75 Å². The van der Waals surface area contributed by atoms with Crippen molar-refractivity contribution in [2.45, 2.75) is 38.8 Å². The van der Waals surface area contributed by atoms with E-state index in [1.54, 1.807) is 0 Å². The maximum Gasteiger partial charge on any atom is 0.332 e. The molecule has 0 saturated heterocycles. The van der Waals surface area contributed by atoms with Crippen molar-refractivity contribution in [2.24, 2.45) is 0 Å². The zero-order valence-corrected chi connectivity index (χ0v) is 19.2. The van der Waals surface area contributed by atoms with Crippen LogP contribution >= 0.6 is 0 Å². The monoisotopic (exact) mass is 455 g/mol. The highest BCUT2D eigenvalue weighted by atomic mass is 32.2. The molecule has 2 atom stereocenters. The molecule has 32 heavy (non-hydrogen) atoms. The predicted molar refractivity (Wildman–Crippen MR) is 128 cm³/mol. The number of hydrogen-bond donors (Lipinski definition) is 2. The zero-order valence-electron chi connectivity index (χ0n) is 18.4. The van der Waals surface area contributed by atoms with Crippen LogP contribution in [0, 0.1) is 0 Å². The van der Waals surface area contributed by atoms with Gasteiger partial charge in [-0.15, -0.1) is 0 Å². The third-order valence-corrected chi connectivity index (χ3v) is 5.54. The van der Waals surface area contributed by atoms with Crippen LogP contribution in [0.15, 0.2) is 60.7 Å². The molecule has 2 unspecified atom stereocenters. The first-order valence-electron chi connectivity index (χ1n) is 10.7. The number of carboxylic acid groups (broad SMARTS) is 1. The minimum absolute atomic E-state index is 0.408. The average Bonchev–Trinajstić information content (AvgIpc) is 2.77. The van der Waals surface area contributed by atoms with Gasteiger partial charge in [0, 0.05) is 25.1 Å². The van der Waals surface area contributed by atoms with Gasteiger partial charge < -0.3 is 19.3 Å². The molecule has 3 rings (SSSR count). The lowest BCUT2D eigenvalue weighted by molar-refractivity contribution is -0.150. The number of nitrogens with one attached hydrogen (secondary N) is 1. The van der Waals surface area contributed by atoms with Gasteiger partial charge in [0.15, 0.2) is 6.10 Å². The van der Waals surface area contributed by atoms with Gasteiger partial charge in [-0.05, 0) is 78.4 Å². The normalized spacial score (nSPS) is 12.9. The standard InChI is InChI=1S/C25H29NO5S/c1-3-30-24(25(27)28)6-4-5-18-8-12-22(13-9-18)26-17-19-7-10-21-16-23(31-32(2)29)14-11-20(21)15-19/h7-16,24,26H,3-6,17H2,1-2H3,(H,27,28). The van der Waals surface area contributed by atoms with E-state index in [9.17, 15) is 9.00 Å². The minimum atomic E-state index is -1.34. The van der Waals surface area contributed by atoms with Crippen LogP contribution in [0.3, 0.4) is 0 Å². The molecule has 0 heterocycles. The molecule has 0 aliphatic heterocycles. The van der Waals surface area contributed by atoms with Crippen molar-refractivity contribution in [3.05, 3.63) is 71.8 Å². The highest BCUT2D eigenvalue weighted by Crippen LogP contribution is 2.23. The van der Waals surface area contributed by atoms with Gasteiger partial charge in [-0.3, -0.25) is 0 Å². The van der Waals surface area contributed by atoms with Crippen LogP contribution in [0.5, 0.6) is 5.75 Å². The number of carboxylic acids is 1. The van der Waals surface area contributed by atoms with E-state index in [1.165, 1.54) is 11.8 Å². The first-order valence-corrected chi connectivity index (χ1v) is 12.1. The fraction of sp³-hybridized carbons (Fsp3) is 0.320. The molecule has 3 aromatic carbocycles. The summed E-state index contributed by atoms with van der Waals surface area (Å²) in [6.07, 6.45) is 2.87. The smallest absolute Gasteiger partial charge is 0.332 e. The summed E-state index contributed by atoms with van der Waals surface area (Å²) < 4.78 is 21.7. The second-order valence-corrected chi connectivity index (χ2v) is 8.52. The summed E-state index contributed by atoms with van der Waals surface area (Å²) in [6.45, 7) is 2.91. The Labute approximate surface area is 191 Å². The van der Waals surface area contributed by atoms with Gasteiger partial charge in [-0.1, -0.05) is 30.3 Å². The molecule has 2 N–H and O–H groups in total. The molecule has 0 aliphatic carbocycles. The SMILES string of the molecule is CCOC(CCCc1ccc(NCc2ccc3cc(OS(C)=O)ccc3c2)cc1)C(=O)O. The van der Waals surface area contributed by atoms with E-state index < -0.39 is 23.2 Å². The van der Waals surface area contributed by atoms with Crippen LogP contribution in [0.4, 0.5) is 5.69 Å². The van der Waals surface area contributed by atoms with Gasteiger partial charge in [0.25, 0.3) is 0 Å². The lowest BCUT2D eigenvalue weighted by Crippen LogP contribution is -2.23. The molecule has 0 bridgehead atoms. The highest BCUT2D eigenvalue weighted by molar-refractivity contribution is 7.79. The molecule has 7 heteroatoms. The number of rotatable bonds is 12. The number of fused-ring (bicyclic) bond motifs is 1. The third kappa shape index (κ3) is 7.07. The topological polar surface area (TPSA) is 84.9 Å². The van der Waals surface area contributed by atoms with E-state index in [4.69, 9.17) is 14.0 Å². The minimum Gasteiger partial charge on any atom is -0.479 e. The van der Waals surface area contributed by atoms with E-state index in [1.807, 2.05) is 43.3 Å². The van der Waals surface area contributed by atoms with E-state index in [-0.39, 0.29) is 0 Å². The van der Waals surface area contributed by atoms with Gasteiger partial charge in [0.05, 0.1) is 0 Å². The number of carbonyl (C=O) groups is 1. The van der Waals surface area contributed by atoms with Crippen LogP contribution in [0.1, 0.15) is 30.9 Å². The molecule has 0 aromatic heterocycles. The van der Waals surface area contributed by atoms with Crippen molar-refractivity contribution < 1.29 is 23.0 Å². The Morgan fingerprint density at radius 3 is 2.41 bits per heavy atom. The lowest BCUT2D eigenvalue weighted by atomic mass is 10.0. The van der Waals surface area contributed by atoms with Crippen LogP contribution in [0.2, 0.25) is 0 Å². The summed E-state index contributed by atoms with van der Waals surface area (Å²) in [7, 11) is 0. The first-order chi connectivity index (χ1) is 15.4. The van der Waals surface area contributed by atoms with Crippen LogP contribution in [-0.2, 0) is 33.6 Å². The van der Waals surface area contributed by atoms with Crippen molar-refractivity contribution in [3.63, 3.8) is 0 Å². The quantitative estimate of drug-likeness (QED) is 0.403. The summed E-state index contributed by atoms with van der Waals surface area (Å²) in [4.78, 5) is 11.1. The van der Waals surface area contributed by atoms with Gasteiger partial charge in [-0.25, -0.2) is 9.00 Å². The molecule has 0 radical (unpaired) electrons. The number of aryl methyl sites for hydroxylation is 1. The highest BCUT2D eigenvalue weighted by Gasteiger charge is 2.16. The molecule has 0 aliphatic rings. The third-order valence-electron chi connectivity index (χ3n) is 5.12. The molecule has 0 fully saturated rings. The summed E-state index contributed by atoms with van der Waals surface area (Å²) >= 11 is -1.34. The zero-order chi connectivity index (χ0) is 22.9. The van der Waals surface area contributed by atoms with Crippen molar-refractivity contribution in [2.75, 3.05) is 18.2 Å². The maximum absolute atomic E-state index is 11.2. The molecule has 170 valence electrons. The molecular weight excluding hydrogens is 426 g/mol. The molecule has 0 amide bonds. The fourth-order valence-corrected chi connectivity index (χ4v) is 3.91. The first kappa shape index (κ1) is 23.8. The molecule has 0 spiro atoms. The van der Waals surface area contributed by atoms with Crippen LogP contribution in [0.25, 0.3) is 10.8 Å². The second-order valence-electron chi connectivity index (χ2n) is 7.55. The number of ether oxygens (including phenoxy) is 1. The maximum atomic E-state index is 11.2. The number of aliphatic carboxylic acids is 1. The lowest BCUT2D eigenvalue weighted by Gasteiger charge is -2.12.